The van der Waals surface area contributed by atoms with Gasteiger partial charge in [0.15, 0.2) is 0 Å². The predicted molar refractivity (Wildman–Crippen MR) is 141 cm³/mol. The number of amides is 3. The second-order valence-electron chi connectivity index (χ2n) is 9.87. The van der Waals surface area contributed by atoms with E-state index in [-0.39, 0.29) is 18.1 Å². The van der Waals surface area contributed by atoms with Crippen LogP contribution >= 0.6 is 0 Å². The van der Waals surface area contributed by atoms with Crippen molar-refractivity contribution >= 4 is 40.3 Å². The van der Waals surface area contributed by atoms with Crippen molar-refractivity contribution in [1.82, 2.24) is 29.7 Å². The zero-order valence-corrected chi connectivity index (χ0v) is 20.9. The van der Waals surface area contributed by atoms with Gasteiger partial charge in [0, 0.05) is 48.5 Å². The highest BCUT2D eigenvalue weighted by atomic mass is 16.2. The molecule has 2 aromatic heterocycles. The minimum atomic E-state index is -0.173. The molecule has 2 aliphatic heterocycles. The molecule has 10 nitrogen and oxygen atoms in total. The Morgan fingerprint density at radius 3 is 2.44 bits per heavy atom. The van der Waals surface area contributed by atoms with E-state index in [2.05, 4.69) is 30.8 Å². The van der Waals surface area contributed by atoms with Crippen molar-refractivity contribution in [3.63, 3.8) is 0 Å². The van der Waals surface area contributed by atoms with Gasteiger partial charge in [0.1, 0.15) is 18.0 Å². The summed E-state index contributed by atoms with van der Waals surface area (Å²) < 4.78 is 1.60. The van der Waals surface area contributed by atoms with E-state index in [1.807, 2.05) is 43.0 Å². The van der Waals surface area contributed by atoms with Crippen LogP contribution in [0.4, 0.5) is 26.9 Å². The molecule has 2 saturated heterocycles. The second kappa shape index (κ2) is 10.5. The Kier molecular flexibility index (Phi) is 7.04. The second-order valence-corrected chi connectivity index (χ2v) is 9.87. The highest BCUT2D eigenvalue weighted by Crippen LogP contribution is 2.24. The lowest BCUT2D eigenvalue weighted by Crippen LogP contribution is -2.47. The van der Waals surface area contributed by atoms with Crippen molar-refractivity contribution in [2.45, 2.75) is 51.6 Å². The minimum absolute atomic E-state index is 0.0438. The normalized spacial score (nSPS) is 17.0. The monoisotopic (exact) mass is 490 g/mol. The number of benzene rings is 1. The van der Waals surface area contributed by atoms with Crippen molar-refractivity contribution < 1.29 is 9.59 Å². The van der Waals surface area contributed by atoms with Gasteiger partial charge < -0.3 is 20.4 Å². The van der Waals surface area contributed by atoms with Crippen molar-refractivity contribution in [1.29, 1.82) is 0 Å². The average Bonchev–Trinajstić information content (AvgIpc) is 3.54. The molecule has 10 heteroatoms. The van der Waals surface area contributed by atoms with Gasteiger partial charge in [0.25, 0.3) is 0 Å². The zero-order valence-electron chi connectivity index (χ0n) is 20.9. The summed E-state index contributed by atoms with van der Waals surface area (Å²) in [6.07, 6.45) is 7.80. The number of hydrogen-bond acceptors (Lipinski definition) is 6. The van der Waals surface area contributed by atoms with E-state index in [1.54, 1.807) is 16.8 Å². The molecule has 3 N–H and O–H groups in total. The zero-order chi connectivity index (χ0) is 25.1. The lowest BCUT2D eigenvalue weighted by molar-refractivity contribution is 0.140. The van der Waals surface area contributed by atoms with Crippen LogP contribution in [0.25, 0.3) is 10.9 Å². The molecule has 2 fully saturated rings. The summed E-state index contributed by atoms with van der Waals surface area (Å²) in [6.45, 7) is 7.76. The van der Waals surface area contributed by atoms with Gasteiger partial charge in [-0.05, 0) is 70.8 Å². The van der Waals surface area contributed by atoms with Gasteiger partial charge in [-0.3, -0.25) is 9.88 Å². The maximum atomic E-state index is 12.8. The molecule has 4 heterocycles. The lowest BCUT2D eigenvalue weighted by Gasteiger charge is -2.36. The number of carbonyl (C=O) groups is 2. The number of urea groups is 1. The first-order valence-electron chi connectivity index (χ1n) is 12.8. The Balaban J connectivity index is 1.21. The first kappa shape index (κ1) is 24.1. The molecule has 1 aromatic carbocycles. The summed E-state index contributed by atoms with van der Waals surface area (Å²) in [4.78, 5) is 38.3. The standard InChI is InChI=1S/C26H34N8O2/c1-18(2)29-26(36)34-14-7-19-5-6-20(15-22(19)34)30-23-16-24(28-17-27-23)31-25(35)33-12-8-21(9-13-33)32-10-3-4-11-32/h5-7,14-18,21H,3-4,8-13H2,1-2H3,(H,29,36)(H2,27,28,30,31,35). The van der Waals surface area contributed by atoms with Crippen LogP contribution < -0.4 is 16.0 Å². The Bertz CT molecular complexity index is 1230. The molecule has 190 valence electrons. The molecule has 0 radical (unpaired) electrons. The summed E-state index contributed by atoms with van der Waals surface area (Å²) in [7, 11) is 0. The number of likely N-dealkylation sites (tertiary alicyclic amines) is 2. The van der Waals surface area contributed by atoms with Gasteiger partial charge in [0.05, 0.1) is 5.52 Å². The third-order valence-corrected chi connectivity index (χ3v) is 6.91. The number of carbonyl (C=O) groups excluding carboxylic acids is 2. The van der Waals surface area contributed by atoms with Gasteiger partial charge in [0.2, 0.25) is 0 Å². The van der Waals surface area contributed by atoms with Crippen LogP contribution in [0.15, 0.2) is 42.9 Å². The molecular formula is C26H34N8O2. The molecule has 3 amide bonds. The fourth-order valence-electron chi connectivity index (χ4n) is 5.07. The Labute approximate surface area is 211 Å². The van der Waals surface area contributed by atoms with Gasteiger partial charge >= 0.3 is 12.1 Å². The summed E-state index contributed by atoms with van der Waals surface area (Å²) in [6, 6.07) is 9.74. The summed E-state index contributed by atoms with van der Waals surface area (Å²) in [5, 5.41) is 10.0. The van der Waals surface area contributed by atoms with Crippen LogP contribution in [0, 0.1) is 0 Å². The van der Waals surface area contributed by atoms with Crippen molar-refractivity contribution in [3.8, 4) is 0 Å². The summed E-state index contributed by atoms with van der Waals surface area (Å²) in [5.74, 6) is 0.997. The Morgan fingerprint density at radius 1 is 0.944 bits per heavy atom. The molecule has 2 aliphatic rings. The molecule has 0 unspecified atom stereocenters. The van der Waals surface area contributed by atoms with Crippen LogP contribution in [0.3, 0.4) is 0 Å². The van der Waals surface area contributed by atoms with Gasteiger partial charge in [-0.15, -0.1) is 0 Å². The topological polar surface area (TPSA) is 107 Å². The van der Waals surface area contributed by atoms with E-state index in [1.165, 1.54) is 32.3 Å². The lowest BCUT2D eigenvalue weighted by atomic mass is 10.0. The molecule has 0 aliphatic carbocycles. The molecule has 5 rings (SSSR count). The molecular weight excluding hydrogens is 456 g/mol. The summed E-state index contributed by atoms with van der Waals surface area (Å²) >= 11 is 0. The number of piperidine rings is 1. The smallest absolute Gasteiger partial charge is 0.326 e. The van der Waals surface area contributed by atoms with Crippen molar-refractivity contribution in [2.24, 2.45) is 0 Å². The van der Waals surface area contributed by atoms with E-state index in [0.717, 1.165) is 42.5 Å². The number of hydrogen-bond donors (Lipinski definition) is 3. The maximum Gasteiger partial charge on any atom is 0.326 e. The first-order chi connectivity index (χ1) is 17.5. The molecule has 0 atom stereocenters. The number of aromatic nitrogens is 3. The van der Waals surface area contributed by atoms with Crippen LogP contribution in [0.5, 0.6) is 0 Å². The number of nitrogens with zero attached hydrogens (tertiary/aromatic N) is 5. The van der Waals surface area contributed by atoms with Crippen LogP contribution in [0.2, 0.25) is 0 Å². The molecule has 0 spiro atoms. The van der Waals surface area contributed by atoms with Gasteiger partial charge in [-0.2, -0.15) is 0 Å². The maximum absolute atomic E-state index is 12.8. The van der Waals surface area contributed by atoms with E-state index >= 15 is 0 Å². The van der Waals surface area contributed by atoms with Gasteiger partial charge in [-0.1, -0.05) is 6.07 Å². The first-order valence-corrected chi connectivity index (χ1v) is 12.8. The summed E-state index contributed by atoms with van der Waals surface area (Å²) in [5.41, 5.74) is 1.57. The SMILES string of the molecule is CC(C)NC(=O)n1ccc2ccc(Nc3cc(NC(=O)N4CCC(N5CCCC5)CC4)ncn3)cc21. The van der Waals surface area contributed by atoms with Crippen LogP contribution in [0.1, 0.15) is 39.5 Å². The predicted octanol–water partition coefficient (Wildman–Crippen LogP) is 4.23. The molecule has 0 saturated carbocycles. The molecule has 3 aromatic rings. The number of nitrogens with one attached hydrogen (secondary N) is 3. The molecule has 36 heavy (non-hydrogen) atoms. The van der Waals surface area contributed by atoms with E-state index < -0.39 is 0 Å². The van der Waals surface area contributed by atoms with Crippen LogP contribution in [-0.2, 0) is 0 Å². The third-order valence-electron chi connectivity index (χ3n) is 6.91. The van der Waals surface area contributed by atoms with Crippen molar-refractivity contribution in [2.75, 3.05) is 36.8 Å². The van der Waals surface area contributed by atoms with E-state index in [4.69, 9.17) is 0 Å². The Hall–Kier alpha value is -3.66. The van der Waals surface area contributed by atoms with E-state index in [9.17, 15) is 9.59 Å². The fraction of sp³-hybridized carbons (Fsp3) is 0.462. The number of rotatable bonds is 5. The fourth-order valence-corrected chi connectivity index (χ4v) is 5.07. The number of fused-ring (bicyclic) bond motifs is 1. The third kappa shape index (κ3) is 5.43. The van der Waals surface area contributed by atoms with Crippen molar-refractivity contribution in [3.05, 3.63) is 42.9 Å². The Morgan fingerprint density at radius 2 is 1.69 bits per heavy atom. The quantitative estimate of drug-likeness (QED) is 0.494. The average molecular weight is 491 g/mol. The van der Waals surface area contributed by atoms with E-state index in [0.29, 0.717) is 17.7 Å². The minimum Gasteiger partial charge on any atom is -0.340 e. The highest BCUT2D eigenvalue weighted by molar-refractivity contribution is 5.93. The molecule has 0 bridgehead atoms. The number of anilines is 3. The van der Waals surface area contributed by atoms with Crippen LogP contribution in [-0.4, -0.2) is 74.7 Å². The highest BCUT2D eigenvalue weighted by Gasteiger charge is 2.28. The largest absolute Gasteiger partial charge is 0.340 e. The van der Waals surface area contributed by atoms with Gasteiger partial charge in [-0.25, -0.2) is 19.6 Å².